The summed E-state index contributed by atoms with van der Waals surface area (Å²) in [6.07, 6.45) is 0.930. The number of benzene rings is 2. The molecule has 1 unspecified atom stereocenters. The fourth-order valence-electron chi connectivity index (χ4n) is 5.16. The number of ketones is 1. The van der Waals surface area contributed by atoms with Gasteiger partial charge in [0.15, 0.2) is 10.1 Å². The van der Waals surface area contributed by atoms with Crippen molar-refractivity contribution in [3.63, 3.8) is 0 Å². The van der Waals surface area contributed by atoms with Crippen LogP contribution < -0.4 is 16.0 Å². The van der Waals surface area contributed by atoms with E-state index < -0.39 is 5.92 Å². The lowest BCUT2D eigenvalue weighted by Gasteiger charge is -2.42. The molecule has 0 fully saturated rings. The summed E-state index contributed by atoms with van der Waals surface area (Å²) in [5, 5.41) is 22.0. The molecule has 5 rings (SSSR count). The lowest BCUT2D eigenvalue weighted by atomic mass is 9.68. The van der Waals surface area contributed by atoms with E-state index in [0.29, 0.717) is 39.1 Å². The quantitative estimate of drug-likeness (QED) is 0.362. The predicted octanol–water partition coefficient (Wildman–Crippen LogP) is 5.66. The number of nitrogens with zero attached hydrogens (tertiary/aromatic N) is 4. The topological polar surface area (TPSA) is 125 Å². The molecule has 3 N–H and O–H groups in total. The average Bonchev–Trinajstić information content (AvgIpc) is 3.36. The molecule has 1 amide bonds. The Labute approximate surface area is 239 Å². The molecule has 1 aliphatic carbocycles. The van der Waals surface area contributed by atoms with E-state index >= 15 is 0 Å². The Morgan fingerprint density at radius 3 is 2.65 bits per heavy atom. The van der Waals surface area contributed by atoms with Crippen molar-refractivity contribution in [3.05, 3.63) is 88.1 Å². The number of hydrogen-bond donors (Lipinski definition) is 2. The van der Waals surface area contributed by atoms with Gasteiger partial charge in [-0.2, -0.15) is 5.26 Å². The first-order valence-electron chi connectivity index (χ1n) is 12.6. The summed E-state index contributed by atoms with van der Waals surface area (Å²) in [5.41, 5.74) is 10.3. The normalized spacial score (nSPS) is 18.4. The van der Waals surface area contributed by atoms with Crippen molar-refractivity contribution >= 4 is 45.6 Å². The minimum Gasteiger partial charge on any atom is -0.384 e. The Bertz CT molecular complexity index is 1600. The van der Waals surface area contributed by atoms with Crippen LogP contribution in [0.4, 0.5) is 15.2 Å². The van der Waals surface area contributed by atoms with Crippen molar-refractivity contribution in [2.45, 2.75) is 43.9 Å². The molecule has 1 aromatic heterocycles. The molecule has 1 aliphatic heterocycles. The molecule has 1 atom stereocenters. The highest BCUT2D eigenvalue weighted by Crippen LogP contribution is 2.51. The Morgan fingerprint density at radius 1 is 1.23 bits per heavy atom. The summed E-state index contributed by atoms with van der Waals surface area (Å²) in [6, 6.07) is 15.5. The molecule has 0 spiro atoms. The van der Waals surface area contributed by atoms with Gasteiger partial charge in [-0.05, 0) is 54.2 Å². The van der Waals surface area contributed by atoms with Gasteiger partial charge in [0.2, 0.25) is 11.0 Å². The number of nitriles is 1. The van der Waals surface area contributed by atoms with Crippen LogP contribution in [0.2, 0.25) is 0 Å². The second-order valence-corrected chi connectivity index (χ2v) is 12.7. The van der Waals surface area contributed by atoms with Gasteiger partial charge < -0.3 is 11.1 Å². The van der Waals surface area contributed by atoms with Gasteiger partial charge in [0, 0.05) is 23.4 Å². The van der Waals surface area contributed by atoms with Gasteiger partial charge in [0.05, 0.1) is 23.3 Å². The predicted molar refractivity (Wildman–Crippen MR) is 154 cm³/mol. The largest absolute Gasteiger partial charge is 0.384 e. The molecule has 8 nitrogen and oxygen atoms in total. The molecule has 0 saturated heterocycles. The number of hydrogen-bond acceptors (Lipinski definition) is 9. The van der Waals surface area contributed by atoms with Gasteiger partial charge >= 0.3 is 0 Å². The molecule has 2 aromatic carbocycles. The van der Waals surface area contributed by atoms with Crippen LogP contribution in [-0.2, 0) is 9.59 Å². The first-order chi connectivity index (χ1) is 19.1. The summed E-state index contributed by atoms with van der Waals surface area (Å²) < 4.78 is 13.7. The van der Waals surface area contributed by atoms with Gasteiger partial charge in [0.1, 0.15) is 11.6 Å². The monoisotopic (exact) mass is 574 g/mol. The Kier molecular flexibility index (Phi) is 7.49. The van der Waals surface area contributed by atoms with Gasteiger partial charge in [-0.15, -0.1) is 10.2 Å². The standard InChI is InChI=1S/C29H27FN6O2S2/c1-16-6-4-5-7-19(16)24-20(14-31)26(32)36(21-12-29(2,3)13-22(37)25(21)24)27-34-35-28(40-27)39-15-23(38)33-18-10-8-17(30)9-11-18/h4-11,24H,12-13,15,32H2,1-3H3,(H,33,38). The maximum absolute atomic E-state index is 13.7. The fraction of sp³-hybridized carbons (Fsp3) is 0.276. The highest BCUT2D eigenvalue weighted by Gasteiger charge is 2.45. The number of aromatic nitrogens is 2. The zero-order chi connectivity index (χ0) is 28.6. The number of carbonyl (C=O) groups excluding carboxylic acids is 2. The minimum atomic E-state index is -0.557. The summed E-state index contributed by atoms with van der Waals surface area (Å²) in [5.74, 6) is -0.939. The molecular formula is C29H27FN6O2S2. The van der Waals surface area contributed by atoms with Crippen LogP contribution >= 0.6 is 23.1 Å². The number of thioether (sulfide) groups is 1. The SMILES string of the molecule is Cc1ccccc1C1C(C#N)=C(N)N(c2nnc(SCC(=O)Nc3ccc(F)cc3)s2)C2=C1C(=O)CC(C)(C)C2. The molecule has 0 radical (unpaired) electrons. The maximum Gasteiger partial charge on any atom is 0.234 e. The molecule has 204 valence electrons. The number of allylic oxidation sites excluding steroid dienone is 3. The number of rotatable bonds is 6. The summed E-state index contributed by atoms with van der Waals surface area (Å²) in [7, 11) is 0. The fourth-order valence-corrected chi connectivity index (χ4v) is 6.84. The van der Waals surface area contributed by atoms with Crippen LogP contribution in [0.25, 0.3) is 0 Å². The maximum atomic E-state index is 13.7. The van der Waals surface area contributed by atoms with Crippen molar-refractivity contribution in [1.29, 1.82) is 5.26 Å². The summed E-state index contributed by atoms with van der Waals surface area (Å²) in [4.78, 5) is 27.8. The smallest absolute Gasteiger partial charge is 0.234 e. The highest BCUT2D eigenvalue weighted by atomic mass is 32.2. The van der Waals surface area contributed by atoms with Crippen molar-refractivity contribution in [2.24, 2.45) is 11.1 Å². The Hall–Kier alpha value is -4.01. The number of nitrogens with two attached hydrogens (primary N) is 1. The summed E-state index contributed by atoms with van der Waals surface area (Å²) in [6.45, 7) is 6.04. The molecule has 2 aliphatic rings. The molecule has 0 saturated carbocycles. The van der Waals surface area contributed by atoms with E-state index in [1.807, 2.05) is 45.0 Å². The van der Waals surface area contributed by atoms with Crippen LogP contribution in [0.15, 0.2) is 75.5 Å². The number of amides is 1. The molecule has 0 bridgehead atoms. The average molecular weight is 575 g/mol. The van der Waals surface area contributed by atoms with Crippen LogP contribution in [0.1, 0.15) is 43.7 Å². The number of anilines is 2. The lowest BCUT2D eigenvalue weighted by Crippen LogP contribution is -2.42. The Balaban J connectivity index is 1.47. The zero-order valence-electron chi connectivity index (χ0n) is 22.2. The van der Waals surface area contributed by atoms with Crippen LogP contribution in [-0.4, -0.2) is 27.6 Å². The van der Waals surface area contributed by atoms with E-state index in [1.54, 1.807) is 4.90 Å². The highest BCUT2D eigenvalue weighted by molar-refractivity contribution is 8.01. The minimum absolute atomic E-state index is 0.0127. The number of halogens is 1. The molecular weight excluding hydrogens is 547 g/mol. The number of nitrogens with one attached hydrogen (secondary N) is 1. The van der Waals surface area contributed by atoms with Gasteiger partial charge in [0.25, 0.3) is 0 Å². The van der Waals surface area contributed by atoms with Gasteiger partial charge in [-0.25, -0.2) is 4.39 Å². The van der Waals surface area contributed by atoms with Crippen molar-refractivity contribution < 1.29 is 14.0 Å². The summed E-state index contributed by atoms with van der Waals surface area (Å²) >= 11 is 2.43. The van der Waals surface area contributed by atoms with E-state index in [9.17, 15) is 19.2 Å². The van der Waals surface area contributed by atoms with Crippen LogP contribution in [0.3, 0.4) is 0 Å². The van der Waals surface area contributed by atoms with Crippen molar-refractivity contribution in [2.75, 3.05) is 16.0 Å². The zero-order valence-corrected chi connectivity index (χ0v) is 23.8. The third kappa shape index (κ3) is 5.37. The van der Waals surface area contributed by atoms with E-state index in [0.717, 1.165) is 16.8 Å². The number of carbonyl (C=O) groups is 2. The number of aryl methyl sites for hydroxylation is 1. The van der Waals surface area contributed by atoms with Gasteiger partial charge in [-0.1, -0.05) is 61.2 Å². The van der Waals surface area contributed by atoms with Crippen LogP contribution in [0.5, 0.6) is 0 Å². The van der Waals surface area contributed by atoms with E-state index in [2.05, 4.69) is 21.6 Å². The molecule has 40 heavy (non-hydrogen) atoms. The Morgan fingerprint density at radius 2 is 1.95 bits per heavy atom. The third-order valence-corrected chi connectivity index (χ3v) is 8.96. The van der Waals surface area contributed by atoms with Crippen molar-refractivity contribution in [3.8, 4) is 6.07 Å². The molecule has 11 heteroatoms. The lowest BCUT2D eigenvalue weighted by molar-refractivity contribution is -0.118. The van der Waals surface area contributed by atoms with Crippen LogP contribution in [0, 0.1) is 29.5 Å². The van der Waals surface area contributed by atoms with Gasteiger partial charge in [-0.3, -0.25) is 14.5 Å². The van der Waals surface area contributed by atoms with E-state index in [-0.39, 0.29) is 34.5 Å². The number of Topliss-reactive ketones (excluding diaryl/α,β-unsaturated/α-hetero) is 1. The third-order valence-electron chi connectivity index (χ3n) is 6.92. The van der Waals surface area contributed by atoms with Crippen molar-refractivity contribution in [1.82, 2.24) is 10.2 Å². The molecule has 2 heterocycles. The van der Waals surface area contributed by atoms with E-state index in [4.69, 9.17) is 5.73 Å². The first-order valence-corrected chi connectivity index (χ1v) is 14.4. The second-order valence-electron chi connectivity index (χ2n) is 10.5. The first kappa shape index (κ1) is 27.6. The second kappa shape index (κ2) is 10.9. The molecule has 3 aromatic rings. The van der Waals surface area contributed by atoms with E-state index in [1.165, 1.54) is 47.4 Å².